The summed E-state index contributed by atoms with van der Waals surface area (Å²) in [5.41, 5.74) is 0. The van der Waals surface area contributed by atoms with Crippen LogP contribution in [0.15, 0.2) is 36.5 Å². The maximum absolute atomic E-state index is 12.7. The molecule has 0 spiro atoms. The molecule has 5 N–H and O–H groups in total. The van der Waals surface area contributed by atoms with Crippen molar-refractivity contribution in [2.75, 3.05) is 26.4 Å². The van der Waals surface area contributed by atoms with Gasteiger partial charge in [0.25, 0.3) is 0 Å². The first-order chi connectivity index (χ1) is 28.9. The molecule has 0 aromatic rings. The quantitative estimate of drug-likeness (QED) is 0.0170. The summed E-state index contributed by atoms with van der Waals surface area (Å²) in [5.74, 6) is -1.92. The van der Waals surface area contributed by atoms with Crippen LogP contribution in [-0.4, -0.2) is 93.9 Å². The highest BCUT2D eigenvalue weighted by Crippen LogP contribution is 2.43. The van der Waals surface area contributed by atoms with Crippen LogP contribution in [0.2, 0.25) is 0 Å². The number of aliphatic hydroxyl groups excluding tert-OH is 4. The molecule has 7 atom stereocenters. The maximum atomic E-state index is 12.7. The van der Waals surface area contributed by atoms with Crippen molar-refractivity contribution < 1.29 is 62.8 Å². The Hall–Kier alpha value is -2.22. The predicted octanol–water partition coefficient (Wildman–Crippen LogP) is 8.93. The Bertz CT molecular complexity index is 1250. The number of carbonyl (C=O) groups excluding carboxylic acids is 3. The van der Waals surface area contributed by atoms with E-state index in [1.54, 1.807) is 12.2 Å². The van der Waals surface area contributed by atoms with Crippen LogP contribution in [0, 0.1) is 11.8 Å². The molecule has 0 aromatic heterocycles. The van der Waals surface area contributed by atoms with E-state index in [1.165, 1.54) is 57.8 Å². The highest BCUT2D eigenvalue weighted by Gasteiger charge is 2.39. The van der Waals surface area contributed by atoms with Gasteiger partial charge >= 0.3 is 19.8 Å². The van der Waals surface area contributed by atoms with Crippen LogP contribution in [-0.2, 0) is 37.5 Å². The molecule has 0 aliphatic heterocycles. The van der Waals surface area contributed by atoms with Gasteiger partial charge in [-0.3, -0.25) is 23.4 Å². The predicted molar refractivity (Wildman–Crippen MR) is 234 cm³/mol. The van der Waals surface area contributed by atoms with E-state index in [4.69, 9.17) is 19.1 Å². The summed E-state index contributed by atoms with van der Waals surface area (Å²) in [4.78, 5) is 47.8. The molecule has 348 valence electrons. The zero-order valence-electron chi connectivity index (χ0n) is 36.9. The number of ether oxygens (including phenoxy) is 2. The van der Waals surface area contributed by atoms with Crippen molar-refractivity contribution in [1.82, 2.24) is 0 Å². The second-order valence-corrected chi connectivity index (χ2v) is 17.7. The minimum atomic E-state index is -4.70. The second kappa shape index (κ2) is 36.3. The summed E-state index contributed by atoms with van der Waals surface area (Å²) >= 11 is 0. The lowest BCUT2D eigenvalue weighted by Crippen LogP contribution is -2.29. The Morgan fingerprint density at radius 1 is 0.733 bits per heavy atom. The fourth-order valence-electron chi connectivity index (χ4n) is 6.97. The summed E-state index contributed by atoms with van der Waals surface area (Å²) in [6.07, 6.45) is 30.4. The van der Waals surface area contributed by atoms with E-state index in [9.17, 15) is 39.2 Å². The number of ketones is 1. The molecule has 13 nitrogen and oxygen atoms in total. The van der Waals surface area contributed by atoms with Crippen LogP contribution in [0.1, 0.15) is 174 Å². The number of esters is 2. The van der Waals surface area contributed by atoms with E-state index in [1.807, 2.05) is 12.2 Å². The van der Waals surface area contributed by atoms with Gasteiger partial charge in [0, 0.05) is 31.1 Å². The number of aliphatic hydroxyl groups is 4. The summed E-state index contributed by atoms with van der Waals surface area (Å²) in [7, 11) is -4.70. The number of Topliss-reactive ketones (excluding diaryl/α,β-unsaturated/α-hetero) is 1. The number of hydrogen-bond donors (Lipinski definition) is 5. The third-order valence-corrected chi connectivity index (χ3v) is 11.6. The molecule has 1 aliphatic carbocycles. The first-order valence-electron chi connectivity index (χ1n) is 23.0. The molecule has 0 aromatic carbocycles. The molecule has 14 heteroatoms. The summed E-state index contributed by atoms with van der Waals surface area (Å²) in [6.45, 7) is 1.96. The zero-order valence-corrected chi connectivity index (χ0v) is 37.8. The van der Waals surface area contributed by atoms with Crippen LogP contribution < -0.4 is 0 Å². The smallest absolute Gasteiger partial charge is 0.462 e. The van der Waals surface area contributed by atoms with Crippen molar-refractivity contribution in [2.45, 2.75) is 199 Å². The topological polar surface area (TPSA) is 206 Å². The van der Waals surface area contributed by atoms with E-state index < -0.39 is 76.5 Å². The minimum absolute atomic E-state index is 0.0108. The van der Waals surface area contributed by atoms with Crippen molar-refractivity contribution in [2.24, 2.45) is 11.8 Å². The molecule has 1 rings (SSSR count). The Morgan fingerprint density at radius 3 is 1.93 bits per heavy atom. The largest absolute Gasteiger partial charge is 0.472 e. The number of rotatable bonds is 39. The van der Waals surface area contributed by atoms with Gasteiger partial charge in [-0.15, -0.1) is 0 Å². The molecular weight excluding hydrogens is 791 g/mol. The van der Waals surface area contributed by atoms with Crippen molar-refractivity contribution in [3.05, 3.63) is 36.5 Å². The van der Waals surface area contributed by atoms with Gasteiger partial charge in [-0.2, -0.15) is 0 Å². The Morgan fingerprint density at radius 2 is 1.28 bits per heavy atom. The van der Waals surface area contributed by atoms with Crippen LogP contribution in [0.3, 0.4) is 0 Å². The van der Waals surface area contributed by atoms with Crippen LogP contribution in [0.5, 0.6) is 0 Å². The average molecular weight is 873 g/mol. The third kappa shape index (κ3) is 29.9. The Kier molecular flexibility index (Phi) is 33.7. The lowest BCUT2D eigenvalue weighted by atomic mass is 9.90. The van der Waals surface area contributed by atoms with E-state index in [0.29, 0.717) is 32.1 Å². The van der Waals surface area contributed by atoms with E-state index in [0.717, 1.165) is 51.4 Å². The molecule has 1 unspecified atom stereocenters. The van der Waals surface area contributed by atoms with Crippen LogP contribution >= 0.6 is 7.82 Å². The molecule has 0 bridgehead atoms. The number of carbonyl (C=O) groups is 3. The van der Waals surface area contributed by atoms with Gasteiger partial charge in [-0.1, -0.05) is 134 Å². The molecule has 1 fully saturated rings. The number of unbranched alkanes of at least 4 members (excludes halogenated alkanes) is 16. The molecule has 1 saturated carbocycles. The first kappa shape index (κ1) is 55.8. The average Bonchev–Trinajstić information content (AvgIpc) is 3.49. The van der Waals surface area contributed by atoms with Gasteiger partial charge in [-0.05, 0) is 57.8 Å². The van der Waals surface area contributed by atoms with E-state index in [-0.39, 0.29) is 31.0 Å². The number of allylic oxidation sites excluding steroid dienone is 4. The number of phosphoric ester groups is 1. The number of phosphoric acid groups is 1. The minimum Gasteiger partial charge on any atom is -0.462 e. The van der Waals surface area contributed by atoms with Crippen LogP contribution in [0.25, 0.3) is 0 Å². The van der Waals surface area contributed by atoms with Crippen molar-refractivity contribution >= 4 is 25.5 Å². The standard InChI is InChI=1S/C46H81O13P/c1-3-5-7-8-9-10-11-12-13-14-15-16-17-18-19-20-25-29-45(52)56-36-40(37-58-60(54,55)57-35-39(49)34-47)59-46(53)30-26-22-21-24-28-41-42(44(51)33-43(41)50)32-31-38(48)27-23-6-4-2/h12-13,21,24,31-32,38-42,44,47-49,51H,3-11,14-20,22-23,25-30,33-37H2,1-2H3,(H,54,55)/b13-12-,24-21-,32-31+/t38-,39-,40+,41+,42+,44+/m0/s1. The molecule has 0 amide bonds. The molecule has 1 aliphatic rings. The summed E-state index contributed by atoms with van der Waals surface area (Å²) < 4.78 is 32.7. The normalized spacial score (nSPS) is 19.6. The first-order valence-corrected chi connectivity index (χ1v) is 24.5. The van der Waals surface area contributed by atoms with Crippen molar-refractivity contribution in [1.29, 1.82) is 0 Å². The monoisotopic (exact) mass is 873 g/mol. The molecule has 0 heterocycles. The van der Waals surface area contributed by atoms with Gasteiger partial charge in [0.1, 0.15) is 18.5 Å². The highest BCUT2D eigenvalue weighted by atomic mass is 31.2. The summed E-state index contributed by atoms with van der Waals surface area (Å²) in [6, 6.07) is 0. The van der Waals surface area contributed by atoms with Gasteiger partial charge in [0.05, 0.1) is 32.0 Å². The molecular formula is C46H81O13P. The number of hydrogen-bond acceptors (Lipinski definition) is 12. The molecule has 0 saturated heterocycles. The Labute approximate surface area is 361 Å². The van der Waals surface area contributed by atoms with Gasteiger partial charge in [0.2, 0.25) is 0 Å². The van der Waals surface area contributed by atoms with Gasteiger partial charge in [-0.25, -0.2) is 4.57 Å². The molecule has 60 heavy (non-hydrogen) atoms. The van der Waals surface area contributed by atoms with Gasteiger partial charge < -0.3 is 34.8 Å². The zero-order chi connectivity index (χ0) is 44.3. The van der Waals surface area contributed by atoms with E-state index in [2.05, 4.69) is 30.5 Å². The highest BCUT2D eigenvalue weighted by molar-refractivity contribution is 7.47. The molecule has 0 radical (unpaired) electrons. The van der Waals surface area contributed by atoms with Crippen molar-refractivity contribution in [3.8, 4) is 0 Å². The Balaban J connectivity index is 2.45. The van der Waals surface area contributed by atoms with E-state index >= 15 is 0 Å². The van der Waals surface area contributed by atoms with Crippen molar-refractivity contribution in [3.63, 3.8) is 0 Å². The fraction of sp³-hybridized carbons (Fsp3) is 0.804. The third-order valence-electron chi connectivity index (χ3n) is 10.6. The fourth-order valence-corrected chi connectivity index (χ4v) is 7.76. The van der Waals surface area contributed by atoms with Gasteiger partial charge in [0.15, 0.2) is 6.10 Å². The second-order valence-electron chi connectivity index (χ2n) is 16.2. The summed E-state index contributed by atoms with van der Waals surface area (Å²) in [5, 5.41) is 39.1. The van der Waals surface area contributed by atoms with Crippen LogP contribution in [0.4, 0.5) is 0 Å². The lowest BCUT2D eigenvalue weighted by molar-refractivity contribution is -0.161. The lowest BCUT2D eigenvalue weighted by Gasteiger charge is -2.20. The SMILES string of the molecule is CCCCCCCC/C=C\CCCCCCCCCC(=O)OC[C@H](COP(=O)(O)OC[C@@H](O)CO)OC(=O)CCC/C=C\C[C@H]1C(=O)C[C@@H](O)[C@@H]1/C=C/[C@@H](O)CCCCC. The maximum Gasteiger partial charge on any atom is 0.472 e.